The topological polar surface area (TPSA) is 56.6 Å². The second-order valence-corrected chi connectivity index (χ2v) is 7.04. The Morgan fingerprint density at radius 1 is 1.19 bits per heavy atom. The van der Waals surface area contributed by atoms with Crippen molar-refractivity contribution in [3.8, 4) is 11.5 Å². The van der Waals surface area contributed by atoms with Gasteiger partial charge in [-0.3, -0.25) is 4.79 Å². The van der Waals surface area contributed by atoms with Crippen LogP contribution >= 0.6 is 0 Å². The summed E-state index contributed by atoms with van der Waals surface area (Å²) in [6, 6.07) is 5.66. The maximum absolute atomic E-state index is 12.7. The molecule has 2 aromatic rings. The van der Waals surface area contributed by atoms with Crippen molar-refractivity contribution in [1.29, 1.82) is 0 Å². The number of rotatable bonds is 7. The lowest BCUT2D eigenvalue weighted by Crippen LogP contribution is -2.40. The molecule has 0 N–H and O–H groups in total. The second kappa shape index (κ2) is 8.93. The maximum atomic E-state index is 12.7. The number of methoxy groups -OCH3 is 2. The first-order valence-electron chi connectivity index (χ1n) is 9.63. The maximum Gasteiger partial charge on any atom is 0.226 e. The zero-order valence-corrected chi connectivity index (χ0v) is 16.5. The standard InChI is InChI=1S/C21H29N3O3/c1-4-20-22-9-12-24(20)15-16-7-10-23(11-8-16)21(25)14-17-5-6-18(26-2)19(13-17)27-3/h5-6,9,12-13,16H,4,7-8,10-11,14-15H2,1-3H3. The minimum Gasteiger partial charge on any atom is -0.493 e. The van der Waals surface area contributed by atoms with E-state index in [2.05, 4.69) is 22.7 Å². The van der Waals surface area contributed by atoms with E-state index in [1.54, 1.807) is 14.2 Å². The zero-order valence-electron chi connectivity index (χ0n) is 16.5. The number of hydrogen-bond donors (Lipinski definition) is 0. The van der Waals surface area contributed by atoms with Gasteiger partial charge in [0.2, 0.25) is 5.91 Å². The average Bonchev–Trinajstić information content (AvgIpc) is 3.15. The van der Waals surface area contributed by atoms with Gasteiger partial charge in [0.1, 0.15) is 5.82 Å². The van der Waals surface area contributed by atoms with Crippen molar-refractivity contribution in [2.45, 2.75) is 39.2 Å². The van der Waals surface area contributed by atoms with E-state index in [4.69, 9.17) is 9.47 Å². The SMILES string of the molecule is CCc1nccn1CC1CCN(C(=O)Cc2ccc(OC)c(OC)c2)CC1. The molecule has 0 radical (unpaired) electrons. The van der Waals surface area contributed by atoms with Crippen molar-refractivity contribution < 1.29 is 14.3 Å². The Morgan fingerprint density at radius 2 is 1.93 bits per heavy atom. The molecular formula is C21H29N3O3. The lowest BCUT2D eigenvalue weighted by atomic mass is 9.96. The Labute approximate surface area is 161 Å². The molecule has 1 aliphatic rings. The first-order chi connectivity index (χ1) is 13.1. The van der Waals surface area contributed by atoms with Crippen molar-refractivity contribution in [3.63, 3.8) is 0 Å². The van der Waals surface area contributed by atoms with Crippen LogP contribution < -0.4 is 9.47 Å². The van der Waals surface area contributed by atoms with Crippen LogP contribution in [-0.4, -0.2) is 47.7 Å². The van der Waals surface area contributed by atoms with Gasteiger partial charge in [-0.1, -0.05) is 13.0 Å². The van der Waals surface area contributed by atoms with Gasteiger partial charge in [0, 0.05) is 38.4 Å². The average molecular weight is 371 g/mol. The van der Waals surface area contributed by atoms with Crippen LogP contribution in [0, 0.1) is 5.92 Å². The Kier molecular flexibility index (Phi) is 6.37. The molecule has 0 bridgehead atoms. The molecule has 1 aromatic carbocycles. The highest BCUT2D eigenvalue weighted by Gasteiger charge is 2.23. The monoisotopic (exact) mass is 371 g/mol. The molecule has 27 heavy (non-hydrogen) atoms. The number of benzene rings is 1. The lowest BCUT2D eigenvalue weighted by molar-refractivity contribution is -0.131. The van der Waals surface area contributed by atoms with Crippen molar-refractivity contribution in [1.82, 2.24) is 14.5 Å². The van der Waals surface area contributed by atoms with Crippen LogP contribution in [0.25, 0.3) is 0 Å². The van der Waals surface area contributed by atoms with Gasteiger partial charge in [0.05, 0.1) is 20.6 Å². The molecule has 1 amide bonds. The smallest absolute Gasteiger partial charge is 0.226 e. The molecule has 3 rings (SSSR count). The number of nitrogens with zero attached hydrogens (tertiary/aromatic N) is 3. The Morgan fingerprint density at radius 3 is 2.59 bits per heavy atom. The van der Waals surface area contributed by atoms with Crippen molar-refractivity contribution in [3.05, 3.63) is 42.0 Å². The Hall–Kier alpha value is -2.50. The van der Waals surface area contributed by atoms with Crippen LogP contribution in [-0.2, 0) is 24.2 Å². The summed E-state index contributed by atoms with van der Waals surface area (Å²) in [6.45, 7) is 4.79. The summed E-state index contributed by atoms with van der Waals surface area (Å²) in [4.78, 5) is 19.1. The largest absolute Gasteiger partial charge is 0.493 e. The third-order valence-electron chi connectivity index (χ3n) is 5.34. The van der Waals surface area contributed by atoms with E-state index in [1.165, 1.54) is 0 Å². The molecule has 1 aromatic heterocycles. The minimum atomic E-state index is 0.178. The molecule has 0 aliphatic carbocycles. The van der Waals surface area contributed by atoms with Gasteiger partial charge < -0.3 is 18.9 Å². The van der Waals surface area contributed by atoms with Gasteiger partial charge >= 0.3 is 0 Å². The number of hydrogen-bond acceptors (Lipinski definition) is 4. The summed E-state index contributed by atoms with van der Waals surface area (Å²) in [5.41, 5.74) is 0.950. The van der Waals surface area contributed by atoms with E-state index in [9.17, 15) is 4.79 Å². The van der Waals surface area contributed by atoms with E-state index in [0.717, 1.165) is 50.3 Å². The van der Waals surface area contributed by atoms with Gasteiger partial charge in [-0.2, -0.15) is 0 Å². The highest BCUT2D eigenvalue weighted by Crippen LogP contribution is 2.28. The summed E-state index contributed by atoms with van der Waals surface area (Å²) in [5, 5.41) is 0. The third-order valence-corrected chi connectivity index (χ3v) is 5.34. The molecule has 1 saturated heterocycles. The first kappa shape index (κ1) is 19.3. The van der Waals surface area contributed by atoms with Gasteiger partial charge in [-0.05, 0) is 36.5 Å². The molecule has 146 valence electrons. The van der Waals surface area contributed by atoms with E-state index in [-0.39, 0.29) is 5.91 Å². The fraction of sp³-hybridized carbons (Fsp3) is 0.524. The van der Waals surface area contributed by atoms with E-state index >= 15 is 0 Å². The minimum absolute atomic E-state index is 0.178. The first-order valence-corrected chi connectivity index (χ1v) is 9.63. The van der Waals surface area contributed by atoms with E-state index in [0.29, 0.717) is 23.8 Å². The molecule has 2 heterocycles. The number of carbonyl (C=O) groups excluding carboxylic acids is 1. The predicted octanol–water partition coefficient (Wildman–Crippen LogP) is 2.94. The molecule has 1 fully saturated rings. The number of aryl methyl sites for hydroxylation is 1. The molecule has 0 unspecified atom stereocenters. The van der Waals surface area contributed by atoms with Crippen molar-refractivity contribution in [2.75, 3.05) is 27.3 Å². The number of ether oxygens (including phenoxy) is 2. The van der Waals surface area contributed by atoms with Gasteiger partial charge in [-0.25, -0.2) is 4.98 Å². The van der Waals surface area contributed by atoms with E-state index < -0.39 is 0 Å². The third kappa shape index (κ3) is 4.62. The van der Waals surface area contributed by atoms with Crippen LogP contribution in [0.1, 0.15) is 31.2 Å². The number of piperidine rings is 1. The van der Waals surface area contributed by atoms with Crippen LogP contribution in [0.2, 0.25) is 0 Å². The summed E-state index contributed by atoms with van der Waals surface area (Å²) in [5.74, 6) is 3.27. The molecule has 0 spiro atoms. The number of amides is 1. The number of likely N-dealkylation sites (tertiary alicyclic amines) is 1. The number of imidazole rings is 1. The molecule has 1 aliphatic heterocycles. The van der Waals surface area contributed by atoms with Crippen LogP contribution in [0.3, 0.4) is 0 Å². The summed E-state index contributed by atoms with van der Waals surface area (Å²) in [6.07, 6.45) is 7.37. The fourth-order valence-electron chi connectivity index (χ4n) is 3.74. The fourth-order valence-corrected chi connectivity index (χ4v) is 3.74. The normalized spacial score (nSPS) is 15.0. The second-order valence-electron chi connectivity index (χ2n) is 7.04. The highest BCUT2D eigenvalue weighted by molar-refractivity contribution is 5.79. The van der Waals surface area contributed by atoms with Gasteiger partial charge in [-0.15, -0.1) is 0 Å². The van der Waals surface area contributed by atoms with E-state index in [1.807, 2.05) is 29.3 Å². The Balaban J connectivity index is 1.52. The molecule has 0 saturated carbocycles. The zero-order chi connectivity index (χ0) is 19.2. The van der Waals surface area contributed by atoms with Crippen molar-refractivity contribution >= 4 is 5.91 Å². The van der Waals surface area contributed by atoms with Crippen LogP contribution in [0.5, 0.6) is 11.5 Å². The molecule has 0 atom stereocenters. The van der Waals surface area contributed by atoms with Gasteiger partial charge in [0.25, 0.3) is 0 Å². The Bertz CT molecular complexity index is 764. The number of carbonyl (C=O) groups is 1. The molecule has 6 heteroatoms. The summed E-state index contributed by atoms with van der Waals surface area (Å²) >= 11 is 0. The van der Waals surface area contributed by atoms with Crippen LogP contribution in [0.4, 0.5) is 0 Å². The number of aromatic nitrogens is 2. The quantitative estimate of drug-likeness (QED) is 0.751. The lowest BCUT2D eigenvalue weighted by Gasteiger charge is -2.32. The van der Waals surface area contributed by atoms with Crippen molar-refractivity contribution in [2.24, 2.45) is 5.92 Å². The summed E-state index contributed by atoms with van der Waals surface area (Å²) < 4.78 is 12.8. The predicted molar refractivity (Wildman–Crippen MR) is 104 cm³/mol. The summed E-state index contributed by atoms with van der Waals surface area (Å²) in [7, 11) is 3.22. The molecule has 6 nitrogen and oxygen atoms in total. The van der Waals surface area contributed by atoms with Gasteiger partial charge in [0.15, 0.2) is 11.5 Å². The highest BCUT2D eigenvalue weighted by atomic mass is 16.5. The van der Waals surface area contributed by atoms with Crippen LogP contribution in [0.15, 0.2) is 30.6 Å². The molecular weight excluding hydrogens is 342 g/mol.